The van der Waals surface area contributed by atoms with E-state index in [1.165, 1.54) is 16.7 Å². The first-order chi connectivity index (χ1) is 12.2. The van der Waals surface area contributed by atoms with E-state index in [2.05, 4.69) is 74.4 Å². The molecule has 0 radical (unpaired) electrons. The third-order valence-corrected chi connectivity index (χ3v) is 5.12. The summed E-state index contributed by atoms with van der Waals surface area (Å²) in [5.74, 6) is 0. The Morgan fingerprint density at radius 2 is 1.15 bits per heavy atom. The predicted molar refractivity (Wildman–Crippen MR) is 121 cm³/mol. The predicted octanol–water partition coefficient (Wildman–Crippen LogP) is 7.90. The maximum absolute atomic E-state index is 6.66. The average Bonchev–Trinajstić information content (AvgIpc) is 2.52. The van der Waals surface area contributed by atoms with Crippen LogP contribution in [0.15, 0.2) is 47.5 Å². The van der Waals surface area contributed by atoms with Gasteiger partial charge in [0.05, 0.1) is 5.69 Å². The molecular weight excluding hydrogens is 350 g/mol. The van der Waals surface area contributed by atoms with Crippen LogP contribution in [-0.4, -0.2) is 5.17 Å². The molecule has 2 heteroatoms. The van der Waals surface area contributed by atoms with E-state index in [0.717, 1.165) is 11.3 Å². The molecule has 0 aliphatic heterocycles. The minimum atomic E-state index is -0.0338. The number of hydrogen-bond donors (Lipinski definition) is 0. The lowest BCUT2D eigenvalue weighted by Crippen LogP contribution is -2.21. The van der Waals surface area contributed by atoms with Crippen LogP contribution in [-0.2, 0) is 16.2 Å². The summed E-state index contributed by atoms with van der Waals surface area (Å²) in [5, 5.41) is 0.537. The van der Waals surface area contributed by atoms with Gasteiger partial charge in [-0.25, -0.2) is 4.99 Å². The van der Waals surface area contributed by atoms with Gasteiger partial charge >= 0.3 is 0 Å². The molecule has 2 aromatic carbocycles. The van der Waals surface area contributed by atoms with Crippen LogP contribution in [0.3, 0.4) is 0 Å². The quantitative estimate of drug-likeness (QED) is 0.467. The number of rotatable bonds is 2. The molecular formula is C25H34ClN. The number of aliphatic imine (C=N–C) groups is 1. The largest absolute Gasteiger partial charge is 0.235 e. The molecule has 0 aliphatic rings. The monoisotopic (exact) mass is 383 g/mol. The van der Waals surface area contributed by atoms with Gasteiger partial charge in [-0.3, -0.25) is 0 Å². The minimum absolute atomic E-state index is 0.0338. The standard InChI is InChI=1S/C25H34ClN/c1-23(2,3)18-15-19(24(4,5)6)21(20(16-18)25(7,8)9)27-22(26)17-13-11-10-12-14-17/h10-16H,1-9H3. The van der Waals surface area contributed by atoms with Gasteiger partial charge in [0.25, 0.3) is 0 Å². The van der Waals surface area contributed by atoms with E-state index in [4.69, 9.17) is 16.6 Å². The lowest BCUT2D eigenvalue weighted by molar-refractivity contribution is 0.550. The number of nitrogens with zero attached hydrogens (tertiary/aromatic N) is 1. The molecule has 146 valence electrons. The third kappa shape index (κ3) is 5.23. The van der Waals surface area contributed by atoms with Crippen LogP contribution in [0.2, 0.25) is 0 Å². The van der Waals surface area contributed by atoms with Crippen LogP contribution in [0.25, 0.3) is 0 Å². The van der Waals surface area contributed by atoms with Crippen molar-refractivity contribution in [3.05, 3.63) is 64.7 Å². The van der Waals surface area contributed by atoms with Crippen LogP contribution >= 0.6 is 11.6 Å². The Balaban J connectivity index is 2.85. The highest BCUT2D eigenvalue weighted by Gasteiger charge is 2.29. The third-order valence-electron chi connectivity index (χ3n) is 4.81. The van der Waals surface area contributed by atoms with Crippen molar-refractivity contribution in [3.63, 3.8) is 0 Å². The molecule has 0 saturated carbocycles. The molecule has 0 heterocycles. The van der Waals surface area contributed by atoms with Gasteiger partial charge in [-0.1, -0.05) is 116 Å². The second-order valence-electron chi connectivity index (χ2n) is 10.4. The fraction of sp³-hybridized carbons (Fsp3) is 0.480. The fourth-order valence-electron chi connectivity index (χ4n) is 3.07. The SMILES string of the molecule is CC(C)(C)c1cc(C(C)(C)C)c(N=C(Cl)c2ccccc2)c(C(C)(C)C)c1. The summed E-state index contributed by atoms with van der Waals surface area (Å²) >= 11 is 6.66. The van der Waals surface area contributed by atoms with E-state index in [1.54, 1.807) is 0 Å². The highest BCUT2D eigenvalue weighted by Crippen LogP contribution is 2.43. The normalized spacial score (nSPS) is 13.8. The Morgan fingerprint density at radius 1 is 0.704 bits per heavy atom. The molecule has 2 rings (SSSR count). The molecule has 0 bridgehead atoms. The van der Waals surface area contributed by atoms with Crippen LogP contribution in [0.1, 0.15) is 84.6 Å². The van der Waals surface area contributed by atoms with Gasteiger partial charge in [0.15, 0.2) is 0 Å². The van der Waals surface area contributed by atoms with Crippen molar-refractivity contribution in [3.8, 4) is 0 Å². The van der Waals surface area contributed by atoms with Crippen molar-refractivity contribution in [1.29, 1.82) is 0 Å². The van der Waals surface area contributed by atoms with Gasteiger partial charge < -0.3 is 0 Å². The molecule has 0 N–H and O–H groups in total. The first-order valence-corrected chi connectivity index (χ1v) is 10.1. The average molecular weight is 384 g/mol. The van der Waals surface area contributed by atoms with Gasteiger partial charge in [0.1, 0.15) is 5.17 Å². The zero-order chi connectivity index (χ0) is 20.6. The Morgan fingerprint density at radius 3 is 1.52 bits per heavy atom. The Hall–Kier alpha value is -1.60. The van der Waals surface area contributed by atoms with Crippen molar-refractivity contribution in [2.45, 2.75) is 78.6 Å². The van der Waals surface area contributed by atoms with Crippen molar-refractivity contribution in [2.24, 2.45) is 4.99 Å². The van der Waals surface area contributed by atoms with Crippen molar-refractivity contribution >= 4 is 22.5 Å². The van der Waals surface area contributed by atoms with Gasteiger partial charge in [-0.05, 0) is 32.9 Å². The summed E-state index contributed by atoms with van der Waals surface area (Å²) in [6, 6.07) is 14.6. The number of hydrogen-bond acceptors (Lipinski definition) is 1. The molecule has 0 atom stereocenters. The molecule has 0 saturated heterocycles. The molecule has 1 nitrogen and oxygen atoms in total. The Labute approximate surface area is 170 Å². The van der Waals surface area contributed by atoms with Crippen molar-refractivity contribution in [1.82, 2.24) is 0 Å². The van der Waals surface area contributed by atoms with E-state index in [-0.39, 0.29) is 16.2 Å². The van der Waals surface area contributed by atoms with Crippen LogP contribution in [0, 0.1) is 0 Å². The van der Waals surface area contributed by atoms with E-state index < -0.39 is 0 Å². The molecule has 27 heavy (non-hydrogen) atoms. The summed E-state index contributed by atoms with van der Waals surface area (Å²) in [5.41, 5.74) is 5.79. The summed E-state index contributed by atoms with van der Waals surface area (Å²) in [4.78, 5) is 4.97. The van der Waals surface area contributed by atoms with E-state index in [9.17, 15) is 0 Å². The van der Waals surface area contributed by atoms with Gasteiger partial charge in [0.2, 0.25) is 0 Å². The maximum Gasteiger partial charge on any atom is 0.136 e. The summed E-state index contributed by atoms with van der Waals surface area (Å²) < 4.78 is 0. The van der Waals surface area contributed by atoms with Crippen molar-refractivity contribution < 1.29 is 0 Å². The molecule has 0 aliphatic carbocycles. The van der Waals surface area contributed by atoms with Gasteiger partial charge in [-0.15, -0.1) is 0 Å². The molecule has 0 aromatic heterocycles. The molecule has 2 aromatic rings. The summed E-state index contributed by atoms with van der Waals surface area (Å²) in [6.45, 7) is 20.3. The first-order valence-electron chi connectivity index (χ1n) is 9.70. The molecule has 0 spiro atoms. The molecule has 0 unspecified atom stereocenters. The number of benzene rings is 2. The van der Waals surface area contributed by atoms with Crippen LogP contribution < -0.4 is 0 Å². The first kappa shape index (κ1) is 21.7. The second kappa shape index (κ2) is 7.43. The Kier molecular flexibility index (Phi) is 5.97. The Bertz CT molecular complexity index is 790. The van der Waals surface area contributed by atoms with Crippen molar-refractivity contribution in [2.75, 3.05) is 0 Å². The second-order valence-corrected chi connectivity index (χ2v) is 10.8. The van der Waals surface area contributed by atoms with Gasteiger partial charge in [-0.2, -0.15) is 0 Å². The zero-order valence-corrected chi connectivity index (χ0v) is 19.1. The highest BCUT2D eigenvalue weighted by molar-refractivity contribution is 6.69. The van der Waals surface area contributed by atoms with E-state index in [0.29, 0.717) is 5.17 Å². The summed E-state index contributed by atoms with van der Waals surface area (Å²) in [7, 11) is 0. The smallest absolute Gasteiger partial charge is 0.136 e. The van der Waals surface area contributed by atoms with Crippen LogP contribution in [0.5, 0.6) is 0 Å². The van der Waals surface area contributed by atoms with E-state index >= 15 is 0 Å². The maximum atomic E-state index is 6.66. The van der Waals surface area contributed by atoms with E-state index in [1.807, 2.05) is 30.3 Å². The minimum Gasteiger partial charge on any atom is -0.235 e. The molecule has 0 amide bonds. The lowest BCUT2D eigenvalue weighted by atomic mass is 9.74. The zero-order valence-electron chi connectivity index (χ0n) is 18.4. The molecule has 0 fully saturated rings. The topological polar surface area (TPSA) is 12.4 Å². The fourth-order valence-corrected chi connectivity index (χ4v) is 3.28. The van der Waals surface area contributed by atoms with Crippen LogP contribution in [0.4, 0.5) is 5.69 Å². The van der Waals surface area contributed by atoms with Gasteiger partial charge in [0, 0.05) is 5.56 Å². The highest BCUT2D eigenvalue weighted by atomic mass is 35.5. The lowest BCUT2D eigenvalue weighted by Gasteiger charge is -2.32. The summed E-state index contributed by atoms with van der Waals surface area (Å²) in [6.07, 6.45) is 0. The number of halogens is 1.